The van der Waals surface area contributed by atoms with Crippen LogP contribution in [0.25, 0.3) is 0 Å². The van der Waals surface area contributed by atoms with E-state index < -0.39 is 6.04 Å². The Morgan fingerprint density at radius 3 is 2.46 bits per heavy atom. The largest absolute Gasteiger partial charge is 0.758 e. The highest BCUT2D eigenvalue weighted by molar-refractivity contribution is 7.77. The molecule has 1 atom stereocenters. The maximum absolute atomic E-state index is 13.0. The van der Waals surface area contributed by atoms with Crippen molar-refractivity contribution < 1.29 is 13.8 Å². The van der Waals surface area contributed by atoms with Crippen molar-refractivity contribution >= 4 is 46.4 Å². The molecule has 2 aromatic heterocycles. The summed E-state index contributed by atoms with van der Waals surface area (Å²) in [5, 5.41) is 0.264. The Hall–Kier alpha value is -2.15. The lowest BCUT2D eigenvalue weighted by atomic mass is 10.1. The molecule has 1 aromatic carbocycles. The van der Waals surface area contributed by atoms with E-state index in [9.17, 15) is 9.18 Å². The van der Waals surface area contributed by atoms with Gasteiger partial charge in [-0.05, 0) is 34.9 Å². The maximum Gasteiger partial charge on any atom is 0.244 e. The number of ketones is 1. The molecule has 0 fully saturated rings. The third kappa shape index (κ3) is 4.52. The average Bonchev–Trinajstić information content (AvgIpc) is 3.09. The fraction of sp³-hybridized carbons (Fsp3) is 0.105. The van der Waals surface area contributed by atoms with Gasteiger partial charge in [-0.2, -0.15) is 4.57 Å². The molecule has 3 aromatic rings. The molecule has 0 spiro atoms. The number of Topliss-reactive ketones (excluding diaryl/α,β-unsaturated/α-hetero) is 1. The van der Waals surface area contributed by atoms with Crippen LogP contribution in [0, 0.1) is 5.82 Å². The monoisotopic (exact) mass is 404 g/mol. The van der Waals surface area contributed by atoms with Crippen molar-refractivity contribution in [2.45, 2.75) is 12.6 Å². The molecule has 0 N–H and O–H groups in total. The van der Waals surface area contributed by atoms with Gasteiger partial charge >= 0.3 is 0 Å². The van der Waals surface area contributed by atoms with E-state index >= 15 is 0 Å². The molecule has 0 amide bonds. The predicted molar refractivity (Wildman–Crippen MR) is 104 cm³/mol. The Morgan fingerprint density at radius 2 is 1.85 bits per heavy atom. The number of halogens is 2. The first-order valence-electron chi connectivity index (χ1n) is 7.76. The number of carbonyl (C=O) groups is 1. The van der Waals surface area contributed by atoms with Crippen LogP contribution < -0.4 is 4.57 Å². The van der Waals surface area contributed by atoms with Crippen LogP contribution in [0.3, 0.4) is 0 Å². The summed E-state index contributed by atoms with van der Waals surface area (Å²) in [5.41, 5.74) is 0.817. The Balaban J connectivity index is 1.90. The zero-order valence-electron chi connectivity index (χ0n) is 13.5. The minimum atomic E-state index is -0.735. The van der Waals surface area contributed by atoms with E-state index in [1.807, 2.05) is 18.2 Å². The molecular formula is C19H14ClFN2OS2. The summed E-state index contributed by atoms with van der Waals surface area (Å²) in [6.07, 6.45) is 3.55. The van der Waals surface area contributed by atoms with Gasteiger partial charge in [0.05, 0.1) is 15.8 Å². The standard InChI is InChI=1S/C19H14ClFN2OS2/c20-16-9-8-15(26-16)18(24)17(23-10-2-1-3-11-23)19(25)22-12-13-4-6-14(21)7-5-13/h1-11,17H,12H2/t17-/m1/s1. The Labute approximate surface area is 165 Å². The van der Waals surface area contributed by atoms with Crippen molar-refractivity contribution in [1.82, 2.24) is 0 Å². The normalized spacial score (nSPS) is 12.8. The third-order valence-electron chi connectivity index (χ3n) is 3.67. The van der Waals surface area contributed by atoms with E-state index in [1.165, 1.54) is 23.5 Å². The van der Waals surface area contributed by atoms with Crippen LogP contribution >= 0.6 is 22.9 Å². The van der Waals surface area contributed by atoms with Crippen molar-refractivity contribution in [3.63, 3.8) is 0 Å². The van der Waals surface area contributed by atoms with Gasteiger partial charge < -0.3 is 17.6 Å². The van der Waals surface area contributed by atoms with Crippen molar-refractivity contribution in [2.24, 2.45) is 4.99 Å². The molecule has 132 valence electrons. The molecule has 2 heterocycles. The van der Waals surface area contributed by atoms with Crippen molar-refractivity contribution in [3.8, 4) is 0 Å². The Bertz CT molecular complexity index is 926. The first-order valence-corrected chi connectivity index (χ1v) is 9.36. The topological polar surface area (TPSA) is 33.3 Å². The van der Waals surface area contributed by atoms with Crippen LogP contribution in [0.4, 0.5) is 4.39 Å². The minimum absolute atomic E-state index is 0.161. The summed E-state index contributed by atoms with van der Waals surface area (Å²) >= 11 is 12.6. The maximum atomic E-state index is 13.0. The number of hydrogen-bond acceptors (Lipinski definition) is 4. The summed E-state index contributed by atoms with van der Waals surface area (Å²) in [5.74, 6) is -0.468. The van der Waals surface area contributed by atoms with E-state index in [1.54, 1.807) is 41.2 Å². The number of benzene rings is 1. The number of rotatable bonds is 6. The summed E-state index contributed by atoms with van der Waals surface area (Å²) < 4.78 is 15.3. The van der Waals surface area contributed by atoms with E-state index in [-0.39, 0.29) is 23.2 Å². The van der Waals surface area contributed by atoms with E-state index in [0.29, 0.717) is 9.21 Å². The number of aliphatic imine (C=N–C) groups is 1. The van der Waals surface area contributed by atoms with E-state index in [2.05, 4.69) is 4.99 Å². The molecule has 0 unspecified atom stereocenters. The first kappa shape index (κ1) is 18.6. The SMILES string of the molecule is O=C(c1ccc(Cl)s1)[C@H](C([S-])=NCc1ccc(F)cc1)[n+]1ccccc1. The van der Waals surface area contributed by atoms with Gasteiger partial charge in [0.2, 0.25) is 11.8 Å². The summed E-state index contributed by atoms with van der Waals surface area (Å²) in [6, 6.07) is 14.2. The smallest absolute Gasteiger partial charge is 0.244 e. The van der Waals surface area contributed by atoms with Crippen molar-refractivity contribution in [3.05, 3.63) is 87.6 Å². The molecule has 3 rings (SSSR count). The Kier molecular flexibility index (Phi) is 6.08. The van der Waals surface area contributed by atoms with Crippen LogP contribution in [-0.4, -0.2) is 10.8 Å². The van der Waals surface area contributed by atoms with Gasteiger partial charge in [-0.3, -0.25) is 4.79 Å². The third-order valence-corrected chi connectivity index (χ3v) is 5.26. The van der Waals surface area contributed by atoms with Gasteiger partial charge in [0, 0.05) is 12.1 Å². The van der Waals surface area contributed by atoms with Gasteiger partial charge in [0.15, 0.2) is 12.4 Å². The second-order valence-electron chi connectivity index (χ2n) is 5.47. The van der Waals surface area contributed by atoms with Crippen LogP contribution in [0.2, 0.25) is 4.34 Å². The van der Waals surface area contributed by atoms with Crippen LogP contribution in [-0.2, 0) is 19.2 Å². The predicted octanol–water partition coefficient (Wildman–Crippen LogP) is 4.40. The molecule has 0 radical (unpaired) electrons. The molecule has 0 saturated carbocycles. The lowest BCUT2D eigenvalue weighted by Crippen LogP contribution is -2.47. The molecule has 26 heavy (non-hydrogen) atoms. The van der Waals surface area contributed by atoms with Gasteiger partial charge in [0.25, 0.3) is 0 Å². The summed E-state index contributed by atoms with van der Waals surface area (Å²) in [4.78, 5) is 17.9. The zero-order chi connectivity index (χ0) is 18.5. The van der Waals surface area contributed by atoms with Crippen LogP contribution in [0.5, 0.6) is 0 Å². The van der Waals surface area contributed by atoms with Crippen LogP contribution in [0.15, 0.2) is 72.0 Å². The lowest BCUT2D eigenvalue weighted by Gasteiger charge is -2.18. The number of thiophene rings is 1. The number of nitrogens with zero attached hydrogens (tertiary/aromatic N) is 2. The quantitative estimate of drug-likeness (QED) is 0.200. The van der Waals surface area contributed by atoms with Gasteiger partial charge in [-0.25, -0.2) is 4.39 Å². The fourth-order valence-corrected chi connectivity index (χ4v) is 3.69. The Morgan fingerprint density at radius 1 is 1.15 bits per heavy atom. The average molecular weight is 405 g/mol. The second kappa shape index (κ2) is 8.49. The highest BCUT2D eigenvalue weighted by Crippen LogP contribution is 2.24. The van der Waals surface area contributed by atoms with Crippen molar-refractivity contribution in [2.75, 3.05) is 0 Å². The summed E-state index contributed by atoms with van der Waals surface area (Å²) in [7, 11) is 0. The van der Waals surface area contributed by atoms with E-state index in [0.717, 1.165) is 5.56 Å². The lowest BCUT2D eigenvalue weighted by molar-refractivity contribution is -0.691. The molecular weight excluding hydrogens is 391 g/mol. The number of carbonyl (C=O) groups excluding carboxylic acids is 1. The van der Waals surface area contributed by atoms with Gasteiger partial charge in [0.1, 0.15) is 5.82 Å². The second-order valence-corrected chi connectivity index (χ2v) is 7.61. The van der Waals surface area contributed by atoms with Gasteiger partial charge in [-0.15, -0.1) is 11.3 Å². The molecule has 0 aliphatic rings. The van der Waals surface area contributed by atoms with Crippen LogP contribution in [0.1, 0.15) is 21.3 Å². The molecule has 0 aliphatic heterocycles. The highest BCUT2D eigenvalue weighted by atomic mass is 35.5. The number of pyridine rings is 1. The minimum Gasteiger partial charge on any atom is -0.758 e. The van der Waals surface area contributed by atoms with Crippen molar-refractivity contribution in [1.29, 1.82) is 0 Å². The zero-order valence-corrected chi connectivity index (χ0v) is 15.9. The molecule has 0 aliphatic carbocycles. The molecule has 0 bridgehead atoms. The molecule has 7 heteroatoms. The molecule has 0 saturated heterocycles. The fourth-order valence-electron chi connectivity index (χ4n) is 2.39. The highest BCUT2D eigenvalue weighted by Gasteiger charge is 2.29. The number of hydrogen-bond donors (Lipinski definition) is 0. The first-order chi connectivity index (χ1) is 12.5. The molecule has 3 nitrogen and oxygen atoms in total. The van der Waals surface area contributed by atoms with Gasteiger partial charge in [-0.1, -0.05) is 29.8 Å². The summed E-state index contributed by atoms with van der Waals surface area (Å²) in [6.45, 7) is 0.279. The van der Waals surface area contributed by atoms with E-state index in [4.69, 9.17) is 24.2 Å². The number of aromatic nitrogens is 1.